The summed E-state index contributed by atoms with van der Waals surface area (Å²) in [5.41, 5.74) is 3.38. The molecule has 0 radical (unpaired) electrons. The number of rotatable bonds is 5. The summed E-state index contributed by atoms with van der Waals surface area (Å²) in [5.74, 6) is 0. The highest BCUT2D eigenvalue weighted by Gasteiger charge is 2.15. The number of pyridine rings is 1. The number of carbonyl (C=O) groups is 1. The van der Waals surface area contributed by atoms with Gasteiger partial charge in [0.1, 0.15) is 11.3 Å². The van der Waals surface area contributed by atoms with Crippen molar-refractivity contribution < 1.29 is 4.79 Å². The van der Waals surface area contributed by atoms with Crippen LogP contribution in [0.25, 0.3) is 33.3 Å². The normalized spacial score (nSPS) is 14.6. The number of aryl methyl sites for hydroxylation is 1. The van der Waals surface area contributed by atoms with Crippen LogP contribution in [0.5, 0.6) is 0 Å². The van der Waals surface area contributed by atoms with Crippen molar-refractivity contribution in [3.63, 3.8) is 0 Å². The summed E-state index contributed by atoms with van der Waals surface area (Å²) in [5, 5.41) is 6.64. The first-order valence-electron chi connectivity index (χ1n) is 11.3. The molecule has 0 atom stereocenters. The van der Waals surface area contributed by atoms with Crippen LogP contribution >= 0.6 is 0 Å². The third-order valence-electron chi connectivity index (χ3n) is 6.10. The van der Waals surface area contributed by atoms with Gasteiger partial charge in [0.2, 0.25) is 0 Å². The molecule has 0 aliphatic carbocycles. The summed E-state index contributed by atoms with van der Waals surface area (Å²) in [4.78, 5) is 39.4. The fourth-order valence-corrected chi connectivity index (χ4v) is 4.43. The molecule has 4 heterocycles. The van der Waals surface area contributed by atoms with Gasteiger partial charge in [-0.05, 0) is 56.3 Å². The Morgan fingerprint density at radius 3 is 2.88 bits per heavy atom. The summed E-state index contributed by atoms with van der Waals surface area (Å²) in [6.45, 7) is 3.67. The minimum atomic E-state index is -0.269. The van der Waals surface area contributed by atoms with Crippen LogP contribution in [0, 0.1) is 0 Å². The number of nitrogens with zero attached hydrogens (tertiary/aromatic N) is 4. The molecule has 3 aromatic heterocycles. The number of likely N-dealkylation sites (tertiary alicyclic amines) is 1. The number of carbonyl (C=O) groups excluding carboxylic acids is 1. The van der Waals surface area contributed by atoms with Crippen LogP contribution in [-0.4, -0.2) is 56.6 Å². The highest BCUT2D eigenvalue weighted by Crippen LogP contribution is 2.27. The maximum Gasteiger partial charge on any atom is 0.319 e. The van der Waals surface area contributed by atoms with E-state index in [4.69, 9.17) is 0 Å². The standard InChI is InChI=1S/C24H27N7O2/c1-30-15-18(17-6-5-9-25-22(17)30)21-23(32)29-19-8-7-16(14-20(19)28-21)27-24(33)26-10-13-31-11-3-2-4-12-31/h5-9,14-15H,2-4,10-13H2,1H3,(H,29,32)(H2,26,27,33). The molecule has 0 spiro atoms. The summed E-state index contributed by atoms with van der Waals surface area (Å²) in [7, 11) is 1.89. The monoisotopic (exact) mass is 445 g/mol. The fourth-order valence-electron chi connectivity index (χ4n) is 4.43. The number of anilines is 1. The number of aromatic nitrogens is 4. The molecule has 9 nitrogen and oxygen atoms in total. The van der Waals surface area contributed by atoms with E-state index in [1.165, 1.54) is 19.3 Å². The van der Waals surface area contributed by atoms with Gasteiger partial charge in [0, 0.05) is 49.2 Å². The van der Waals surface area contributed by atoms with Crippen LogP contribution < -0.4 is 16.2 Å². The number of H-pyrrole nitrogens is 1. The van der Waals surface area contributed by atoms with Gasteiger partial charge in [0.05, 0.1) is 11.0 Å². The van der Waals surface area contributed by atoms with Gasteiger partial charge in [-0.2, -0.15) is 0 Å². The van der Waals surface area contributed by atoms with Crippen LogP contribution in [-0.2, 0) is 7.05 Å². The number of hydrogen-bond acceptors (Lipinski definition) is 5. The van der Waals surface area contributed by atoms with Crippen molar-refractivity contribution in [2.75, 3.05) is 31.5 Å². The van der Waals surface area contributed by atoms with Crippen LogP contribution in [0.2, 0.25) is 0 Å². The van der Waals surface area contributed by atoms with Gasteiger partial charge in [-0.3, -0.25) is 4.79 Å². The molecule has 170 valence electrons. The van der Waals surface area contributed by atoms with Crippen LogP contribution in [0.4, 0.5) is 10.5 Å². The molecule has 33 heavy (non-hydrogen) atoms. The number of piperidine rings is 1. The number of fused-ring (bicyclic) bond motifs is 2. The molecule has 1 aliphatic rings. The predicted octanol–water partition coefficient (Wildman–Crippen LogP) is 3.08. The smallest absolute Gasteiger partial charge is 0.319 e. The molecular weight excluding hydrogens is 418 g/mol. The second kappa shape index (κ2) is 9.03. The zero-order valence-electron chi connectivity index (χ0n) is 18.6. The lowest BCUT2D eigenvalue weighted by Gasteiger charge is -2.26. The number of nitrogens with one attached hydrogen (secondary N) is 3. The number of aromatic amines is 1. The highest BCUT2D eigenvalue weighted by molar-refractivity contribution is 5.95. The molecule has 9 heteroatoms. The minimum Gasteiger partial charge on any atom is -0.337 e. The Kier molecular flexibility index (Phi) is 5.78. The van der Waals surface area contributed by atoms with Gasteiger partial charge in [-0.1, -0.05) is 6.42 Å². The molecule has 1 fully saturated rings. The van der Waals surface area contributed by atoms with Gasteiger partial charge in [0.25, 0.3) is 5.56 Å². The molecule has 0 saturated carbocycles. The van der Waals surface area contributed by atoms with Crippen molar-refractivity contribution in [3.05, 3.63) is 53.1 Å². The summed E-state index contributed by atoms with van der Waals surface area (Å²) < 4.78 is 1.88. The van der Waals surface area contributed by atoms with Crippen LogP contribution in [0.15, 0.2) is 47.5 Å². The van der Waals surface area contributed by atoms with E-state index >= 15 is 0 Å². The number of urea groups is 1. The Hall–Kier alpha value is -3.72. The first-order valence-corrected chi connectivity index (χ1v) is 11.3. The maximum atomic E-state index is 12.8. The summed E-state index contributed by atoms with van der Waals surface area (Å²) >= 11 is 0. The molecule has 4 aromatic rings. The zero-order chi connectivity index (χ0) is 22.8. The lowest BCUT2D eigenvalue weighted by Crippen LogP contribution is -2.39. The van der Waals surface area contributed by atoms with Crippen molar-refractivity contribution in [2.24, 2.45) is 7.05 Å². The van der Waals surface area contributed by atoms with E-state index in [1.807, 2.05) is 29.9 Å². The quantitative estimate of drug-likeness (QED) is 0.438. The Morgan fingerprint density at radius 1 is 1.18 bits per heavy atom. The first-order chi connectivity index (χ1) is 16.1. The van der Waals surface area contributed by atoms with E-state index in [2.05, 4.69) is 30.5 Å². The van der Waals surface area contributed by atoms with Gasteiger partial charge >= 0.3 is 6.03 Å². The fraction of sp³-hybridized carbons (Fsp3) is 0.333. The van der Waals surface area contributed by atoms with E-state index in [0.717, 1.165) is 36.2 Å². The second-order valence-electron chi connectivity index (χ2n) is 8.46. The summed E-state index contributed by atoms with van der Waals surface area (Å²) in [6.07, 6.45) is 7.34. The third kappa shape index (κ3) is 4.45. The minimum absolute atomic E-state index is 0.254. The van der Waals surface area contributed by atoms with Crippen molar-refractivity contribution in [1.82, 2.24) is 29.7 Å². The molecule has 5 rings (SSSR count). The second-order valence-corrected chi connectivity index (χ2v) is 8.46. The van der Waals surface area contributed by atoms with Gasteiger partial charge in [-0.25, -0.2) is 14.8 Å². The Morgan fingerprint density at radius 2 is 2.03 bits per heavy atom. The average Bonchev–Trinajstić information content (AvgIpc) is 3.16. The Labute approximate surface area is 190 Å². The Bertz CT molecular complexity index is 1370. The van der Waals surface area contributed by atoms with Crippen LogP contribution in [0.1, 0.15) is 19.3 Å². The number of benzene rings is 1. The summed E-state index contributed by atoms with van der Waals surface area (Å²) in [6, 6.07) is 8.79. The van der Waals surface area contributed by atoms with Crippen molar-refractivity contribution in [3.8, 4) is 11.3 Å². The average molecular weight is 446 g/mol. The van der Waals surface area contributed by atoms with Gasteiger partial charge in [0.15, 0.2) is 0 Å². The molecule has 1 aromatic carbocycles. The molecule has 0 bridgehead atoms. The molecule has 1 aliphatic heterocycles. The van der Waals surface area contributed by atoms with Crippen molar-refractivity contribution >= 4 is 33.8 Å². The first kappa shape index (κ1) is 21.1. The van der Waals surface area contributed by atoms with E-state index in [-0.39, 0.29) is 11.6 Å². The molecule has 0 unspecified atom stereocenters. The largest absolute Gasteiger partial charge is 0.337 e. The van der Waals surface area contributed by atoms with E-state index in [9.17, 15) is 9.59 Å². The Balaban J connectivity index is 1.35. The van der Waals surface area contributed by atoms with E-state index in [0.29, 0.717) is 29.0 Å². The molecule has 3 N–H and O–H groups in total. The topological polar surface area (TPSA) is 108 Å². The SMILES string of the molecule is Cn1cc(-c2nc3cc(NC(=O)NCCN4CCCCC4)ccc3[nH]c2=O)c2cccnc21. The maximum absolute atomic E-state index is 12.8. The molecule has 1 saturated heterocycles. The van der Waals surface area contributed by atoms with Crippen LogP contribution in [0.3, 0.4) is 0 Å². The number of amides is 2. The zero-order valence-corrected chi connectivity index (χ0v) is 18.6. The lowest BCUT2D eigenvalue weighted by molar-refractivity contribution is 0.224. The van der Waals surface area contributed by atoms with Crippen molar-refractivity contribution in [1.29, 1.82) is 0 Å². The van der Waals surface area contributed by atoms with Crippen molar-refractivity contribution in [2.45, 2.75) is 19.3 Å². The lowest BCUT2D eigenvalue weighted by atomic mass is 10.1. The number of hydrogen-bond donors (Lipinski definition) is 3. The van der Waals surface area contributed by atoms with Gasteiger partial charge in [-0.15, -0.1) is 0 Å². The van der Waals surface area contributed by atoms with E-state index < -0.39 is 0 Å². The van der Waals surface area contributed by atoms with Gasteiger partial charge < -0.3 is 25.1 Å². The third-order valence-corrected chi connectivity index (χ3v) is 6.10. The highest BCUT2D eigenvalue weighted by atomic mass is 16.2. The predicted molar refractivity (Wildman–Crippen MR) is 129 cm³/mol. The molecular formula is C24H27N7O2. The molecule has 2 amide bonds. The van der Waals surface area contributed by atoms with E-state index in [1.54, 1.807) is 24.4 Å².